The van der Waals surface area contributed by atoms with Crippen LogP contribution in [0, 0.1) is 11.2 Å². The molecular weight excluding hydrogens is 415 g/mol. The van der Waals surface area contributed by atoms with Crippen LogP contribution in [0.4, 0.5) is 4.39 Å². The molecular formula is C21H20ClFN2O5. The highest BCUT2D eigenvalue weighted by molar-refractivity contribution is 6.30. The number of fused-ring (bicyclic) bond motifs is 2. The quantitative estimate of drug-likeness (QED) is 0.774. The second kappa shape index (κ2) is 7.52. The van der Waals surface area contributed by atoms with Crippen LogP contribution in [0.25, 0.3) is 0 Å². The van der Waals surface area contributed by atoms with Gasteiger partial charge in [0.15, 0.2) is 11.5 Å². The van der Waals surface area contributed by atoms with Gasteiger partial charge in [0.1, 0.15) is 17.1 Å². The molecule has 1 saturated heterocycles. The van der Waals surface area contributed by atoms with E-state index in [2.05, 4.69) is 5.32 Å². The molecule has 1 aromatic carbocycles. The molecule has 2 aromatic rings. The van der Waals surface area contributed by atoms with Gasteiger partial charge < -0.3 is 19.7 Å². The Morgan fingerprint density at radius 2 is 2.20 bits per heavy atom. The molecule has 0 unspecified atom stereocenters. The minimum atomic E-state index is -0.947. The number of aromatic nitrogens is 1. The molecule has 9 heteroatoms. The molecule has 0 aliphatic carbocycles. The van der Waals surface area contributed by atoms with Crippen molar-refractivity contribution in [3.8, 4) is 5.75 Å². The van der Waals surface area contributed by atoms with Crippen LogP contribution in [-0.4, -0.2) is 34.1 Å². The number of ketones is 1. The number of nitrogens with one attached hydrogen (secondary N) is 1. The van der Waals surface area contributed by atoms with E-state index in [-0.39, 0.29) is 40.7 Å². The number of pyridine rings is 1. The van der Waals surface area contributed by atoms with Crippen molar-refractivity contribution in [2.75, 3.05) is 6.61 Å². The molecule has 30 heavy (non-hydrogen) atoms. The summed E-state index contributed by atoms with van der Waals surface area (Å²) < 4.78 is 21.2. The number of rotatable bonds is 3. The van der Waals surface area contributed by atoms with Crippen molar-refractivity contribution in [2.24, 2.45) is 5.41 Å². The molecule has 1 fully saturated rings. The molecule has 1 aromatic heterocycles. The highest BCUT2D eigenvalue weighted by atomic mass is 35.5. The smallest absolute Gasteiger partial charge is 0.257 e. The number of amides is 1. The number of benzene rings is 1. The van der Waals surface area contributed by atoms with Crippen LogP contribution >= 0.6 is 11.6 Å². The Balaban J connectivity index is 1.65. The minimum absolute atomic E-state index is 0.0812. The van der Waals surface area contributed by atoms with Crippen LogP contribution in [0.1, 0.15) is 46.2 Å². The lowest BCUT2D eigenvalue weighted by atomic mass is 9.71. The molecule has 2 atom stereocenters. The van der Waals surface area contributed by atoms with E-state index in [1.54, 1.807) is 13.0 Å². The number of halogens is 2. The average Bonchev–Trinajstić information content (AvgIpc) is 2.72. The zero-order valence-corrected chi connectivity index (χ0v) is 17.0. The van der Waals surface area contributed by atoms with Crippen molar-refractivity contribution in [3.05, 3.63) is 62.3 Å². The van der Waals surface area contributed by atoms with Crippen LogP contribution < -0.4 is 10.7 Å². The number of nitrogens with zero attached hydrogens (tertiary/aromatic N) is 1. The zero-order chi connectivity index (χ0) is 21.6. The predicted molar refractivity (Wildman–Crippen MR) is 106 cm³/mol. The summed E-state index contributed by atoms with van der Waals surface area (Å²) in [5.41, 5.74) is -2.07. The van der Waals surface area contributed by atoms with Gasteiger partial charge in [0.05, 0.1) is 23.1 Å². The molecule has 0 spiro atoms. The fraction of sp³-hybridized carbons (Fsp3) is 0.381. The fourth-order valence-electron chi connectivity index (χ4n) is 4.12. The van der Waals surface area contributed by atoms with E-state index in [0.717, 1.165) is 0 Å². The molecule has 2 N–H and O–H groups in total. The van der Waals surface area contributed by atoms with Crippen molar-refractivity contribution >= 4 is 23.3 Å². The molecule has 0 bridgehead atoms. The molecule has 3 heterocycles. The number of carbonyl (C=O) groups is 2. The number of aromatic hydroxyl groups is 1. The first kappa shape index (κ1) is 20.6. The van der Waals surface area contributed by atoms with Crippen LogP contribution in [-0.2, 0) is 17.8 Å². The Morgan fingerprint density at radius 1 is 1.43 bits per heavy atom. The van der Waals surface area contributed by atoms with E-state index < -0.39 is 34.4 Å². The van der Waals surface area contributed by atoms with E-state index in [4.69, 9.17) is 16.3 Å². The summed E-state index contributed by atoms with van der Waals surface area (Å²) in [4.78, 5) is 38.3. The maximum Gasteiger partial charge on any atom is 0.257 e. The topological polar surface area (TPSA) is 97.6 Å². The van der Waals surface area contributed by atoms with Gasteiger partial charge in [-0.15, -0.1) is 0 Å². The normalized spacial score (nSPS) is 22.9. The Bertz CT molecular complexity index is 1120. The summed E-state index contributed by atoms with van der Waals surface area (Å²) in [6.45, 7) is 2.32. The van der Waals surface area contributed by atoms with Gasteiger partial charge in [-0.25, -0.2) is 4.39 Å². The van der Waals surface area contributed by atoms with Gasteiger partial charge >= 0.3 is 0 Å². The predicted octanol–water partition coefficient (Wildman–Crippen LogP) is 2.66. The maximum absolute atomic E-state index is 14.0. The number of hydrogen-bond donors (Lipinski definition) is 2. The second-order valence-electron chi connectivity index (χ2n) is 7.83. The summed E-state index contributed by atoms with van der Waals surface area (Å²) in [5, 5.41) is 12.8. The zero-order valence-electron chi connectivity index (χ0n) is 16.2. The first-order chi connectivity index (χ1) is 14.2. The largest absolute Gasteiger partial charge is 0.503 e. The number of carbonyl (C=O) groups excluding carboxylic acids is 2. The van der Waals surface area contributed by atoms with Gasteiger partial charge in [-0.3, -0.25) is 14.4 Å². The van der Waals surface area contributed by atoms with Crippen LogP contribution in [0.5, 0.6) is 5.75 Å². The van der Waals surface area contributed by atoms with Crippen molar-refractivity contribution in [3.63, 3.8) is 0 Å². The molecule has 2 aliphatic rings. The SMILES string of the molecule is C[C@]12CCCO[C@@H]1Cn1cc(C(=O)NCc3cccc(Cl)c3F)c(=O)c(O)c1C2=O. The molecule has 158 valence electrons. The van der Waals surface area contributed by atoms with Gasteiger partial charge in [0.2, 0.25) is 5.43 Å². The average molecular weight is 435 g/mol. The number of Topliss-reactive ketones (excluding diaryl/α,β-unsaturated/α-hetero) is 1. The lowest BCUT2D eigenvalue weighted by Gasteiger charge is -2.44. The van der Waals surface area contributed by atoms with Gasteiger partial charge in [-0.05, 0) is 25.8 Å². The summed E-state index contributed by atoms with van der Waals surface area (Å²) in [6, 6.07) is 4.38. The Labute approximate surface area is 176 Å². The summed E-state index contributed by atoms with van der Waals surface area (Å²) in [7, 11) is 0. The van der Waals surface area contributed by atoms with Gasteiger partial charge in [0, 0.05) is 24.9 Å². The molecule has 7 nitrogen and oxygen atoms in total. The maximum atomic E-state index is 14.0. The van der Waals surface area contributed by atoms with Gasteiger partial charge in [0.25, 0.3) is 5.91 Å². The third-order valence-corrected chi connectivity index (χ3v) is 6.23. The van der Waals surface area contributed by atoms with E-state index >= 15 is 0 Å². The van der Waals surface area contributed by atoms with Crippen molar-refractivity contribution in [1.29, 1.82) is 0 Å². The second-order valence-corrected chi connectivity index (χ2v) is 8.23. The van der Waals surface area contributed by atoms with E-state index in [9.17, 15) is 23.9 Å². The lowest BCUT2D eigenvalue weighted by molar-refractivity contribution is -0.0740. The number of ether oxygens (including phenoxy) is 1. The van der Waals surface area contributed by atoms with Crippen LogP contribution in [0.3, 0.4) is 0 Å². The first-order valence-electron chi connectivity index (χ1n) is 9.58. The molecule has 0 radical (unpaired) electrons. The lowest BCUT2D eigenvalue weighted by Crippen LogP contribution is -2.52. The van der Waals surface area contributed by atoms with E-state index in [1.165, 1.54) is 22.9 Å². The summed E-state index contributed by atoms with van der Waals surface area (Å²) in [6.07, 6.45) is 2.14. The molecule has 2 aliphatic heterocycles. The Kier molecular flexibility index (Phi) is 5.15. The van der Waals surface area contributed by atoms with Crippen molar-refractivity contribution in [2.45, 2.75) is 39.0 Å². The van der Waals surface area contributed by atoms with E-state index in [1.807, 2.05) is 0 Å². The Morgan fingerprint density at radius 3 is 2.97 bits per heavy atom. The van der Waals surface area contributed by atoms with Crippen LogP contribution in [0.2, 0.25) is 5.02 Å². The monoisotopic (exact) mass is 434 g/mol. The van der Waals surface area contributed by atoms with Gasteiger partial charge in [-0.2, -0.15) is 0 Å². The highest BCUT2D eigenvalue weighted by Gasteiger charge is 2.49. The summed E-state index contributed by atoms with van der Waals surface area (Å²) in [5.74, 6) is -2.59. The molecule has 1 amide bonds. The van der Waals surface area contributed by atoms with Gasteiger partial charge in [-0.1, -0.05) is 23.7 Å². The van der Waals surface area contributed by atoms with Crippen LogP contribution in [0.15, 0.2) is 29.2 Å². The third kappa shape index (κ3) is 3.20. The standard InChI is InChI=1S/C21H20ClFN2O5/c1-21-6-3-7-30-14(21)10-25-9-12(17(26)18(27)16(25)19(21)28)20(29)24-8-11-4-2-5-13(22)15(11)23/h2,4-5,9,14,27H,3,6-8,10H2,1H3,(H,24,29)/t14-,21+/m1/s1. The van der Waals surface area contributed by atoms with Crippen molar-refractivity contribution < 1.29 is 23.8 Å². The molecule has 0 saturated carbocycles. The number of hydrogen-bond acceptors (Lipinski definition) is 5. The first-order valence-corrected chi connectivity index (χ1v) is 9.95. The minimum Gasteiger partial charge on any atom is -0.503 e. The molecule has 4 rings (SSSR count). The fourth-order valence-corrected chi connectivity index (χ4v) is 4.32. The highest BCUT2D eigenvalue weighted by Crippen LogP contribution is 2.42. The van der Waals surface area contributed by atoms with Crippen molar-refractivity contribution in [1.82, 2.24) is 9.88 Å². The Hall–Kier alpha value is -2.71. The third-order valence-electron chi connectivity index (χ3n) is 5.94. The summed E-state index contributed by atoms with van der Waals surface area (Å²) >= 11 is 5.73. The van der Waals surface area contributed by atoms with E-state index in [0.29, 0.717) is 19.4 Å².